The number of amides is 2. The maximum atomic E-state index is 13.2. The molecule has 1 fully saturated rings. The summed E-state index contributed by atoms with van der Waals surface area (Å²) in [6, 6.07) is 13.5. The molecule has 1 aliphatic rings. The van der Waals surface area contributed by atoms with Gasteiger partial charge in [0, 0.05) is 18.2 Å². The van der Waals surface area contributed by atoms with Gasteiger partial charge in [0.15, 0.2) is 0 Å². The molecular weight excluding hydrogens is 458 g/mol. The summed E-state index contributed by atoms with van der Waals surface area (Å²) in [6.07, 6.45) is -1.13. The number of carbonyl (C=O) groups excluding carboxylic acids is 2. The van der Waals surface area contributed by atoms with Crippen LogP contribution in [0.4, 0.5) is 15.4 Å². The highest BCUT2D eigenvalue weighted by atomic mass is 16.6. The molecule has 0 unspecified atom stereocenters. The highest BCUT2D eigenvalue weighted by Crippen LogP contribution is 2.26. The molecule has 1 aromatic heterocycles. The number of ether oxygens (including phenoxy) is 2. The van der Waals surface area contributed by atoms with Gasteiger partial charge in [-0.15, -0.1) is 0 Å². The van der Waals surface area contributed by atoms with Crippen molar-refractivity contribution in [2.45, 2.75) is 78.7 Å². The van der Waals surface area contributed by atoms with Gasteiger partial charge in [0.2, 0.25) is 0 Å². The van der Waals surface area contributed by atoms with Crippen LogP contribution in [0.3, 0.4) is 0 Å². The van der Waals surface area contributed by atoms with Gasteiger partial charge in [-0.05, 0) is 78.1 Å². The highest BCUT2D eigenvalue weighted by Gasteiger charge is 2.36. The monoisotopic (exact) mass is 497 g/mol. The van der Waals surface area contributed by atoms with Crippen molar-refractivity contribution in [2.24, 2.45) is 5.92 Å². The second-order valence-corrected chi connectivity index (χ2v) is 11.5. The minimum absolute atomic E-state index is 0.191. The number of pyridine rings is 1. The van der Waals surface area contributed by atoms with Crippen molar-refractivity contribution in [1.82, 2.24) is 9.88 Å². The number of aliphatic hydroxyl groups excluding tert-OH is 1. The van der Waals surface area contributed by atoms with Crippen LogP contribution in [0.2, 0.25) is 0 Å². The smallest absolute Gasteiger partial charge is 0.416 e. The molecule has 36 heavy (non-hydrogen) atoms. The molecule has 8 nitrogen and oxygen atoms in total. The Labute approximate surface area is 214 Å². The molecule has 196 valence electrons. The van der Waals surface area contributed by atoms with Crippen molar-refractivity contribution >= 4 is 18.0 Å². The third-order valence-electron chi connectivity index (χ3n) is 5.61. The summed E-state index contributed by atoms with van der Waals surface area (Å²) in [5.41, 5.74) is 1.37. The number of likely N-dealkylation sites (tertiary alicyclic amines) is 1. The Morgan fingerprint density at radius 2 is 1.67 bits per heavy atom. The van der Waals surface area contributed by atoms with Crippen molar-refractivity contribution in [3.8, 4) is 0 Å². The van der Waals surface area contributed by atoms with Crippen molar-refractivity contribution < 1.29 is 24.2 Å². The van der Waals surface area contributed by atoms with Crippen molar-refractivity contribution in [1.29, 1.82) is 0 Å². The van der Waals surface area contributed by atoms with E-state index in [0.29, 0.717) is 25.3 Å². The Balaban J connectivity index is 1.82. The van der Waals surface area contributed by atoms with E-state index < -0.39 is 29.5 Å². The Hall–Kier alpha value is -3.13. The third kappa shape index (κ3) is 7.95. The van der Waals surface area contributed by atoms with Gasteiger partial charge in [0.1, 0.15) is 17.0 Å². The van der Waals surface area contributed by atoms with Gasteiger partial charge in [0.25, 0.3) is 0 Å². The van der Waals surface area contributed by atoms with E-state index in [0.717, 1.165) is 16.8 Å². The number of aliphatic hydroxyl groups is 1. The molecule has 2 heterocycles. The van der Waals surface area contributed by atoms with Crippen LogP contribution in [0.15, 0.2) is 42.5 Å². The largest absolute Gasteiger partial charge is 0.444 e. The first-order chi connectivity index (χ1) is 16.7. The number of carbonyl (C=O) groups is 2. The van der Waals surface area contributed by atoms with Crippen molar-refractivity contribution in [2.75, 3.05) is 18.0 Å². The average Bonchev–Trinajstić information content (AvgIpc) is 3.10. The molecule has 1 aromatic carbocycles. The zero-order valence-electron chi connectivity index (χ0n) is 22.4. The van der Waals surface area contributed by atoms with Crippen LogP contribution in [0.25, 0.3) is 0 Å². The number of rotatable bonds is 5. The van der Waals surface area contributed by atoms with Crippen LogP contribution in [-0.2, 0) is 22.4 Å². The molecule has 0 saturated carbocycles. The molecular formula is C28H39N3O5. The Morgan fingerprint density at radius 3 is 2.28 bits per heavy atom. The Morgan fingerprint density at radius 1 is 1.03 bits per heavy atom. The van der Waals surface area contributed by atoms with Crippen LogP contribution >= 0.6 is 0 Å². The minimum Gasteiger partial charge on any atom is -0.444 e. The van der Waals surface area contributed by atoms with Gasteiger partial charge in [-0.2, -0.15) is 0 Å². The number of hydrogen-bond acceptors (Lipinski definition) is 6. The molecule has 1 N–H and O–H groups in total. The van der Waals surface area contributed by atoms with E-state index in [-0.39, 0.29) is 12.5 Å². The summed E-state index contributed by atoms with van der Waals surface area (Å²) in [6.45, 7) is 13.8. The summed E-state index contributed by atoms with van der Waals surface area (Å²) in [5, 5.41) is 10.7. The Bertz CT molecular complexity index is 1060. The SMILES string of the molecule is Cc1cc(C[C@@H]2CN(C(=O)OC(C)(C)C)C[C@@H]2O)nc(N(Cc2ccccc2)C(=O)OC(C)(C)C)c1. The minimum atomic E-state index is -0.686. The number of aryl methyl sites for hydroxylation is 1. The second-order valence-electron chi connectivity index (χ2n) is 11.5. The summed E-state index contributed by atoms with van der Waals surface area (Å²) in [4.78, 5) is 33.5. The van der Waals surface area contributed by atoms with Gasteiger partial charge in [-0.3, -0.25) is 4.90 Å². The lowest BCUT2D eigenvalue weighted by atomic mass is 9.99. The molecule has 0 radical (unpaired) electrons. The van der Waals surface area contributed by atoms with Gasteiger partial charge < -0.3 is 19.5 Å². The molecule has 2 aromatic rings. The maximum absolute atomic E-state index is 13.2. The first-order valence-corrected chi connectivity index (χ1v) is 12.4. The quantitative estimate of drug-likeness (QED) is 0.618. The first-order valence-electron chi connectivity index (χ1n) is 12.4. The number of benzene rings is 1. The van der Waals surface area contributed by atoms with Crippen LogP contribution in [0.5, 0.6) is 0 Å². The lowest BCUT2D eigenvalue weighted by Crippen LogP contribution is -2.37. The summed E-state index contributed by atoms with van der Waals surface area (Å²) in [7, 11) is 0. The molecule has 0 aliphatic carbocycles. The van der Waals surface area contributed by atoms with Crippen LogP contribution in [-0.4, -0.2) is 57.6 Å². The fraction of sp³-hybridized carbons (Fsp3) is 0.536. The van der Waals surface area contributed by atoms with E-state index in [9.17, 15) is 14.7 Å². The molecule has 1 aliphatic heterocycles. The number of β-amino-alcohol motifs (C(OH)–C–C–N with tert-alkyl or cyclic N) is 1. The van der Waals surface area contributed by atoms with Crippen LogP contribution in [0, 0.1) is 12.8 Å². The van der Waals surface area contributed by atoms with Crippen molar-refractivity contribution in [3.05, 3.63) is 59.3 Å². The fourth-order valence-corrected chi connectivity index (χ4v) is 4.08. The lowest BCUT2D eigenvalue weighted by molar-refractivity contribution is 0.0269. The fourth-order valence-electron chi connectivity index (χ4n) is 4.08. The standard InChI is InChI=1S/C28H39N3O5/c1-19-13-22(15-21-17-30(18-23(21)32)25(33)35-27(2,3)4)29-24(14-19)31(26(34)36-28(5,6)7)16-20-11-9-8-10-12-20/h8-14,21,23,32H,15-18H2,1-7H3/t21-,23+/m1/s1. The second kappa shape index (κ2) is 10.9. The van der Waals surface area contributed by atoms with E-state index in [2.05, 4.69) is 0 Å². The van der Waals surface area contributed by atoms with Crippen LogP contribution in [0.1, 0.15) is 58.4 Å². The van der Waals surface area contributed by atoms with E-state index in [4.69, 9.17) is 14.5 Å². The summed E-state index contributed by atoms with van der Waals surface area (Å²) >= 11 is 0. The molecule has 8 heteroatoms. The van der Waals surface area contributed by atoms with Crippen molar-refractivity contribution in [3.63, 3.8) is 0 Å². The summed E-state index contributed by atoms with van der Waals surface area (Å²) < 4.78 is 11.1. The van der Waals surface area contributed by atoms with Gasteiger partial charge in [-0.1, -0.05) is 30.3 Å². The predicted molar refractivity (Wildman–Crippen MR) is 139 cm³/mol. The zero-order valence-corrected chi connectivity index (χ0v) is 22.4. The normalized spacial score (nSPS) is 18.2. The molecule has 2 atom stereocenters. The van der Waals surface area contributed by atoms with E-state index >= 15 is 0 Å². The third-order valence-corrected chi connectivity index (χ3v) is 5.61. The predicted octanol–water partition coefficient (Wildman–Crippen LogP) is 5.10. The maximum Gasteiger partial charge on any atom is 0.416 e. The molecule has 3 rings (SSSR count). The number of nitrogens with zero attached hydrogens (tertiary/aromatic N) is 3. The lowest BCUT2D eigenvalue weighted by Gasteiger charge is -2.27. The number of hydrogen-bond donors (Lipinski definition) is 1. The number of aromatic nitrogens is 1. The summed E-state index contributed by atoms with van der Waals surface area (Å²) in [5.74, 6) is 0.295. The average molecular weight is 498 g/mol. The Kier molecular flexibility index (Phi) is 8.29. The molecule has 2 amide bonds. The van der Waals surface area contributed by atoms with E-state index in [1.807, 2.05) is 90.9 Å². The number of anilines is 1. The first kappa shape index (κ1) is 27.5. The zero-order chi connectivity index (χ0) is 26.7. The highest BCUT2D eigenvalue weighted by molar-refractivity contribution is 5.86. The van der Waals surface area contributed by atoms with E-state index in [1.54, 1.807) is 4.90 Å². The molecule has 0 spiro atoms. The van der Waals surface area contributed by atoms with Gasteiger partial charge >= 0.3 is 12.2 Å². The van der Waals surface area contributed by atoms with Gasteiger partial charge in [-0.25, -0.2) is 14.6 Å². The van der Waals surface area contributed by atoms with Crippen LogP contribution < -0.4 is 4.90 Å². The van der Waals surface area contributed by atoms with E-state index in [1.165, 1.54) is 4.90 Å². The molecule has 0 bridgehead atoms. The topological polar surface area (TPSA) is 92.2 Å². The molecule has 1 saturated heterocycles. The van der Waals surface area contributed by atoms with Gasteiger partial charge in [0.05, 0.1) is 19.2 Å².